The van der Waals surface area contributed by atoms with E-state index < -0.39 is 26.3 Å². The van der Waals surface area contributed by atoms with E-state index >= 15 is 0 Å². The Morgan fingerprint density at radius 2 is 1.40 bits per heavy atom. The van der Waals surface area contributed by atoms with Crippen molar-refractivity contribution in [2.75, 3.05) is 26.4 Å². The summed E-state index contributed by atoms with van der Waals surface area (Å²) in [5.41, 5.74) is 1.89. The Labute approximate surface area is 183 Å². The first-order valence-corrected chi connectivity index (χ1v) is 13.5. The predicted molar refractivity (Wildman–Crippen MR) is 121 cm³/mol. The van der Waals surface area contributed by atoms with Crippen molar-refractivity contribution in [1.29, 1.82) is 0 Å². The Bertz CT molecular complexity index is 811. The molecule has 1 aliphatic rings. The van der Waals surface area contributed by atoms with Crippen LogP contribution in [0, 0.1) is 6.92 Å². The van der Waals surface area contributed by atoms with Crippen LogP contribution < -0.4 is 0 Å². The summed E-state index contributed by atoms with van der Waals surface area (Å²) in [6.07, 6.45) is -0.0612. The van der Waals surface area contributed by atoms with Crippen molar-refractivity contribution in [3.05, 3.63) is 35.4 Å². The van der Waals surface area contributed by atoms with Crippen LogP contribution in [-0.2, 0) is 27.2 Å². The monoisotopic (exact) mass is 476 g/mol. The van der Waals surface area contributed by atoms with E-state index in [0.29, 0.717) is 4.86 Å². The van der Waals surface area contributed by atoms with Crippen molar-refractivity contribution < 1.29 is 27.2 Å². The second-order valence-corrected chi connectivity index (χ2v) is 11.9. The summed E-state index contributed by atoms with van der Waals surface area (Å²) in [5.74, 6) is 0. The van der Waals surface area contributed by atoms with E-state index in [1.165, 1.54) is 0 Å². The first kappa shape index (κ1) is 25.5. The molecule has 0 fully saturated rings. The molecule has 1 aliphatic heterocycles. The van der Waals surface area contributed by atoms with E-state index in [9.17, 15) is 9.13 Å². The average molecular weight is 476 g/mol. The summed E-state index contributed by atoms with van der Waals surface area (Å²) in [6.45, 7) is 8.95. The van der Waals surface area contributed by atoms with Gasteiger partial charge in [-0.3, -0.25) is 9.13 Å². The van der Waals surface area contributed by atoms with Gasteiger partial charge in [0, 0.05) is 11.3 Å². The summed E-state index contributed by atoms with van der Waals surface area (Å²) in [5, 5.41) is 6.59. The van der Waals surface area contributed by atoms with E-state index in [2.05, 4.69) is 10.2 Å². The van der Waals surface area contributed by atoms with Crippen LogP contribution in [0.15, 0.2) is 34.5 Å². The number of rotatable bonds is 12. The van der Waals surface area contributed by atoms with E-state index in [4.69, 9.17) is 30.3 Å². The molecule has 0 radical (unpaired) electrons. The summed E-state index contributed by atoms with van der Waals surface area (Å²) >= 11 is 5.63. The number of nitrogens with zero attached hydrogens (tertiary/aromatic N) is 2. The fourth-order valence-electron chi connectivity index (χ4n) is 3.21. The second-order valence-electron chi connectivity index (χ2n) is 6.61. The summed E-state index contributed by atoms with van der Waals surface area (Å²) < 4.78 is 50.0. The molecule has 1 aromatic rings. The van der Waals surface area contributed by atoms with E-state index in [-0.39, 0.29) is 32.8 Å². The van der Waals surface area contributed by atoms with E-state index in [1.54, 1.807) is 27.7 Å². The standard InChI is InChI=1S/C19H30N2O6P2S/c1-6-24-28(22,25-7-2)19(29(23,26-8-3)27-9-4)14-17(20-21-19)18(30)16-12-10-15(5)11-13-16/h10-13,17H,6-9,14H2,1-5H3. The highest BCUT2D eigenvalue weighted by Gasteiger charge is 2.69. The lowest BCUT2D eigenvalue weighted by molar-refractivity contribution is 0.178. The Morgan fingerprint density at radius 3 is 1.80 bits per heavy atom. The fraction of sp³-hybridized carbons (Fsp3) is 0.632. The lowest BCUT2D eigenvalue weighted by Crippen LogP contribution is -2.32. The second kappa shape index (κ2) is 10.7. The molecular weight excluding hydrogens is 446 g/mol. The Balaban J connectivity index is 2.54. The summed E-state index contributed by atoms with van der Waals surface area (Å²) in [7, 11) is -8.18. The van der Waals surface area contributed by atoms with Gasteiger partial charge in [-0.1, -0.05) is 42.0 Å². The molecule has 11 heteroatoms. The maximum Gasteiger partial charge on any atom is 0.372 e. The molecular formula is C19H30N2O6P2S. The van der Waals surface area contributed by atoms with Crippen molar-refractivity contribution in [3.63, 3.8) is 0 Å². The normalized spacial score (nSPS) is 18.6. The summed E-state index contributed by atoms with van der Waals surface area (Å²) in [6, 6.07) is 7.02. The van der Waals surface area contributed by atoms with Crippen molar-refractivity contribution in [2.24, 2.45) is 10.2 Å². The lowest BCUT2D eigenvalue weighted by atomic mass is 10.0. The Morgan fingerprint density at radius 1 is 0.967 bits per heavy atom. The van der Waals surface area contributed by atoms with Crippen LogP contribution in [-0.4, -0.2) is 42.4 Å². The smallest absolute Gasteiger partial charge is 0.307 e. The minimum atomic E-state index is -4.09. The summed E-state index contributed by atoms with van der Waals surface area (Å²) in [4.78, 5) is 0.500. The van der Waals surface area contributed by atoms with Crippen molar-refractivity contribution in [1.82, 2.24) is 0 Å². The molecule has 0 amide bonds. The molecule has 1 atom stereocenters. The molecule has 0 saturated heterocycles. The van der Waals surface area contributed by atoms with Gasteiger partial charge in [-0.2, -0.15) is 10.2 Å². The Kier molecular flexibility index (Phi) is 9.07. The number of hydrogen-bond donors (Lipinski definition) is 0. The molecule has 1 heterocycles. The largest absolute Gasteiger partial charge is 0.372 e. The molecule has 0 spiro atoms. The van der Waals surface area contributed by atoms with Gasteiger partial charge in [-0.15, -0.1) is 0 Å². The average Bonchev–Trinajstić information content (AvgIpc) is 3.17. The third-order valence-corrected chi connectivity index (χ3v) is 11.2. The minimum absolute atomic E-state index is 0.0612. The van der Waals surface area contributed by atoms with Gasteiger partial charge < -0.3 is 18.1 Å². The molecule has 0 aliphatic carbocycles. The molecule has 30 heavy (non-hydrogen) atoms. The van der Waals surface area contributed by atoms with Crippen molar-refractivity contribution in [3.8, 4) is 0 Å². The zero-order chi connectivity index (χ0) is 22.4. The van der Waals surface area contributed by atoms with Gasteiger partial charge in [0.1, 0.15) is 6.04 Å². The van der Waals surface area contributed by atoms with Crippen LogP contribution in [0.4, 0.5) is 0 Å². The van der Waals surface area contributed by atoms with E-state index in [0.717, 1.165) is 11.1 Å². The fourth-order valence-corrected chi connectivity index (χ4v) is 8.82. The molecule has 8 nitrogen and oxygen atoms in total. The molecule has 0 N–H and O–H groups in total. The molecule has 0 aromatic heterocycles. The van der Waals surface area contributed by atoms with Crippen molar-refractivity contribution in [2.45, 2.75) is 52.1 Å². The number of azo groups is 1. The van der Waals surface area contributed by atoms with Gasteiger partial charge in [0.15, 0.2) is 0 Å². The third-order valence-electron chi connectivity index (χ3n) is 4.54. The molecule has 1 aromatic carbocycles. The van der Waals surface area contributed by atoms with Crippen LogP contribution >= 0.6 is 27.4 Å². The van der Waals surface area contributed by atoms with Gasteiger partial charge in [0.05, 0.1) is 26.4 Å². The highest BCUT2D eigenvalue weighted by atomic mass is 32.1. The SMILES string of the molecule is CCOP(=O)(OCC)C1(P(=O)(OCC)OCC)CC(C(=S)c2ccc(C)cc2)N=N1. The first-order valence-electron chi connectivity index (χ1n) is 10.0. The lowest BCUT2D eigenvalue weighted by Gasteiger charge is -2.36. The molecule has 168 valence electrons. The van der Waals surface area contributed by atoms with Gasteiger partial charge in [0.2, 0.25) is 0 Å². The topological polar surface area (TPSA) is 95.8 Å². The van der Waals surface area contributed by atoms with Gasteiger partial charge in [-0.05, 0) is 40.2 Å². The molecule has 0 bridgehead atoms. The molecule has 1 unspecified atom stereocenters. The van der Waals surface area contributed by atoms with E-state index in [1.807, 2.05) is 31.2 Å². The maximum atomic E-state index is 13.9. The Hall–Kier alpha value is -0.790. The van der Waals surface area contributed by atoms with Crippen LogP contribution in [0.3, 0.4) is 0 Å². The first-order chi connectivity index (χ1) is 14.2. The van der Waals surface area contributed by atoms with Gasteiger partial charge in [0.25, 0.3) is 5.02 Å². The number of hydrogen-bond acceptors (Lipinski definition) is 9. The minimum Gasteiger partial charge on any atom is -0.307 e. The molecule has 2 rings (SSSR count). The zero-order valence-corrected chi connectivity index (χ0v) is 20.7. The van der Waals surface area contributed by atoms with Crippen LogP contribution in [0.1, 0.15) is 45.2 Å². The quantitative estimate of drug-likeness (QED) is 0.204. The predicted octanol–water partition coefficient (Wildman–Crippen LogP) is 6.12. The van der Waals surface area contributed by atoms with Crippen molar-refractivity contribution >= 4 is 32.3 Å². The van der Waals surface area contributed by atoms with Gasteiger partial charge >= 0.3 is 15.2 Å². The zero-order valence-electron chi connectivity index (χ0n) is 18.1. The highest BCUT2D eigenvalue weighted by molar-refractivity contribution is 7.81. The van der Waals surface area contributed by atoms with Gasteiger partial charge in [-0.25, -0.2) is 0 Å². The number of benzene rings is 1. The van der Waals surface area contributed by atoms with Crippen LogP contribution in [0.5, 0.6) is 0 Å². The maximum absolute atomic E-state index is 13.9. The number of thiocarbonyl (C=S) groups is 1. The van der Waals surface area contributed by atoms with Crippen LogP contribution in [0.2, 0.25) is 0 Å². The third kappa shape index (κ3) is 4.83. The highest BCUT2D eigenvalue weighted by Crippen LogP contribution is 2.81. The van der Waals surface area contributed by atoms with Crippen LogP contribution in [0.25, 0.3) is 0 Å². The molecule has 0 saturated carbocycles. The number of aryl methyl sites for hydroxylation is 1.